The Morgan fingerprint density at radius 3 is 2.28 bits per heavy atom. The van der Waals surface area contributed by atoms with Crippen LogP contribution in [0, 0.1) is 0 Å². The summed E-state index contributed by atoms with van der Waals surface area (Å²) in [6.07, 6.45) is 2.19. The second kappa shape index (κ2) is 8.39. The second-order valence-corrected chi connectivity index (χ2v) is 7.58. The van der Waals surface area contributed by atoms with Crippen molar-refractivity contribution in [3.63, 3.8) is 0 Å². The normalized spacial score (nSPS) is 13.1. The quantitative estimate of drug-likeness (QED) is 0.601. The van der Waals surface area contributed by atoms with Gasteiger partial charge in [0.05, 0.1) is 6.10 Å². The molecule has 1 aliphatic rings. The monoisotopic (exact) mass is 386 g/mol. The van der Waals surface area contributed by atoms with E-state index in [0.29, 0.717) is 5.56 Å². The van der Waals surface area contributed by atoms with Crippen LogP contribution in [0.2, 0.25) is 0 Å². The number of hydrogen-bond acceptors (Lipinski definition) is 3. The van der Waals surface area contributed by atoms with Gasteiger partial charge < -0.3 is 15.0 Å². The van der Waals surface area contributed by atoms with Crippen LogP contribution in [0.4, 0.5) is 17.1 Å². The van der Waals surface area contributed by atoms with E-state index in [4.69, 9.17) is 4.74 Å². The van der Waals surface area contributed by atoms with Crippen molar-refractivity contribution in [1.82, 2.24) is 0 Å². The molecule has 1 aliphatic heterocycles. The molecule has 0 saturated carbocycles. The van der Waals surface area contributed by atoms with Gasteiger partial charge in [-0.15, -0.1) is 0 Å². The Balaban J connectivity index is 1.45. The van der Waals surface area contributed by atoms with E-state index in [9.17, 15) is 4.79 Å². The van der Waals surface area contributed by atoms with Crippen molar-refractivity contribution in [1.29, 1.82) is 0 Å². The topological polar surface area (TPSA) is 41.6 Å². The van der Waals surface area contributed by atoms with Gasteiger partial charge in [-0.3, -0.25) is 4.79 Å². The number of nitrogens with one attached hydrogen (secondary N) is 1. The Morgan fingerprint density at radius 2 is 1.59 bits per heavy atom. The standard InChI is InChI=1S/C25H26N2O2/c1-18(2)29-23-15-13-22(14-16-23)26-21-11-9-20(10-12-21)25(28)27-17-5-7-19-6-3-4-8-24(19)27/h3-4,6,8-16,18,26H,5,7,17H2,1-2H3. The Kier molecular flexibility index (Phi) is 5.52. The predicted molar refractivity (Wildman–Crippen MR) is 118 cm³/mol. The van der Waals surface area contributed by atoms with E-state index in [1.807, 2.05) is 85.5 Å². The highest BCUT2D eigenvalue weighted by Crippen LogP contribution is 2.28. The van der Waals surface area contributed by atoms with E-state index in [2.05, 4.69) is 11.4 Å². The minimum atomic E-state index is 0.0545. The molecule has 0 fully saturated rings. The minimum absolute atomic E-state index is 0.0545. The van der Waals surface area contributed by atoms with Crippen LogP contribution in [0.5, 0.6) is 5.75 Å². The smallest absolute Gasteiger partial charge is 0.258 e. The number of ether oxygens (including phenoxy) is 1. The first-order chi connectivity index (χ1) is 14.1. The zero-order chi connectivity index (χ0) is 20.2. The molecular formula is C25H26N2O2. The highest BCUT2D eigenvalue weighted by molar-refractivity contribution is 6.06. The number of aryl methyl sites for hydroxylation is 1. The fourth-order valence-corrected chi connectivity index (χ4v) is 3.65. The summed E-state index contributed by atoms with van der Waals surface area (Å²) in [7, 11) is 0. The van der Waals surface area contributed by atoms with Gasteiger partial charge in [0.25, 0.3) is 5.91 Å². The summed E-state index contributed by atoms with van der Waals surface area (Å²) < 4.78 is 5.67. The van der Waals surface area contributed by atoms with Crippen LogP contribution < -0.4 is 15.0 Å². The fraction of sp³-hybridized carbons (Fsp3) is 0.240. The molecule has 0 bridgehead atoms. The molecule has 4 nitrogen and oxygen atoms in total. The van der Waals surface area contributed by atoms with E-state index in [1.54, 1.807) is 0 Å². The SMILES string of the molecule is CC(C)Oc1ccc(Nc2ccc(C(=O)N3CCCc4ccccc43)cc2)cc1. The number of amides is 1. The molecule has 3 aromatic rings. The molecule has 0 spiro atoms. The Hall–Kier alpha value is -3.27. The van der Waals surface area contributed by atoms with Gasteiger partial charge in [-0.05, 0) is 86.8 Å². The third-order valence-electron chi connectivity index (χ3n) is 5.00. The lowest BCUT2D eigenvalue weighted by Gasteiger charge is -2.29. The number of rotatable bonds is 5. The van der Waals surface area contributed by atoms with E-state index >= 15 is 0 Å². The molecule has 0 aliphatic carbocycles. The summed E-state index contributed by atoms with van der Waals surface area (Å²) in [4.78, 5) is 14.9. The van der Waals surface area contributed by atoms with Crippen LogP contribution in [0.25, 0.3) is 0 Å². The lowest BCUT2D eigenvalue weighted by molar-refractivity contribution is 0.0985. The first kappa shape index (κ1) is 19.1. The van der Waals surface area contributed by atoms with Gasteiger partial charge >= 0.3 is 0 Å². The molecule has 0 unspecified atom stereocenters. The summed E-state index contributed by atoms with van der Waals surface area (Å²) in [5.41, 5.74) is 4.90. The molecule has 0 saturated heterocycles. The molecule has 29 heavy (non-hydrogen) atoms. The molecule has 3 aromatic carbocycles. The summed E-state index contributed by atoms with van der Waals surface area (Å²) >= 11 is 0. The van der Waals surface area contributed by atoms with Crippen molar-refractivity contribution in [3.05, 3.63) is 83.9 Å². The van der Waals surface area contributed by atoms with Crippen LogP contribution in [-0.4, -0.2) is 18.6 Å². The van der Waals surface area contributed by atoms with Gasteiger partial charge in [0.1, 0.15) is 5.75 Å². The van der Waals surface area contributed by atoms with Crippen molar-refractivity contribution >= 4 is 23.0 Å². The highest BCUT2D eigenvalue weighted by atomic mass is 16.5. The van der Waals surface area contributed by atoms with Crippen LogP contribution >= 0.6 is 0 Å². The highest BCUT2D eigenvalue weighted by Gasteiger charge is 2.23. The molecule has 0 atom stereocenters. The van der Waals surface area contributed by atoms with E-state index in [1.165, 1.54) is 5.56 Å². The molecule has 4 heteroatoms. The summed E-state index contributed by atoms with van der Waals surface area (Å²) in [5, 5.41) is 3.37. The molecule has 1 amide bonds. The minimum Gasteiger partial charge on any atom is -0.491 e. The zero-order valence-corrected chi connectivity index (χ0v) is 16.9. The third kappa shape index (κ3) is 4.43. The average Bonchev–Trinajstić information content (AvgIpc) is 2.74. The molecule has 1 heterocycles. The van der Waals surface area contributed by atoms with Crippen LogP contribution in [0.1, 0.15) is 36.2 Å². The maximum atomic E-state index is 13.0. The van der Waals surface area contributed by atoms with Gasteiger partial charge in [0.2, 0.25) is 0 Å². The number of carbonyl (C=O) groups excluding carboxylic acids is 1. The van der Waals surface area contributed by atoms with Crippen molar-refractivity contribution < 1.29 is 9.53 Å². The Morgan fingerprint density at radius 1 is 0.931 bits per heavy atom. The molecule has 4 rings (SSSR count). The lowest BCUT2D eigenvalue weighted by atomic mass is 10.0. The number of benzene rings is 3. The van der Waals surface area contributed by atoms with Crippen molar-refractivity contribution in [3.8, 4) is 5.75 Å². The maximum absolute atomic E-state index is 13.0. The van der Waals surface area contributed by atoms with E-state index < -0.39 is 0 Å². The van der Waals surface area contributed by atoms with Crippen LogP contribution in [0.3, 0.4) is 0 Å². The number of carbonyl (C=O) groups is 1. The largest absolute Gasteiger partial charge is 0.491 e. The van der Waals surface area contributed by atoms with Gasteiger partial charge in [-0.1, -0.05) is 18.2 Å². The van der Waals surface area contributed by atoms with Crippen molar-refractivity contribution in [2.24, 2.45) is 0 Å². The first-order valence-electron chi connectivity index (χ1n) is 10.1. The van der Waals surface area contributed by atoms with Gasteiger partial charge in [0, 0.05) is 29.2 Å². The molecular weight excluding hydrogens is 360 g/mol. The number of fused-ring (bicyclic) bond motifs is 1. The van der Waals surface area contributed by atoms with Crippen molar-refractivity contribution in [2.45, 2.75) is 32.8 Å². The zero-order valence-electron chi connectivity index (χ0n) is 16.9. The number of anilines is 3. The Bertz CT molecular complexity index is 978. The number of para-hydroxylation sites is 1. The van der Waals surface area contributed by atoms with E-state index in [0.717, 1.165) is 42.2 Å². The second-order valence-electron chi connectivity index (χ2n) is 7.58. The molecule has 1 N–H and O–H groups in total. The summed E-state index contributed by atoms with van der Waals surface area (Å²) in [5.74, 6) is 0.909. The Labute approximate surface area is 172 Å². The number of hydrogen-bond donors (Lipinski definition) is 1. The maximum Gasteiger partial charge on any atom is 0.258 e. The van der Waals surface area contributed by atoms with Crippen LogP contribution in [0.15, 0.2) is 72.8 Å². The number of nitrogens with zero attached hydrogens (tertiary/aromatic N) is 1. The summed E-state index contributed by atoms with van der Waals surface area (Å²) in [6, 6.07) is 23.7. The first-order valence-corrected chi connectivity index (χ1v) is 10.1. The van der Waals surface area contributed by atoms with Crippen molar-refractivity contribution in [2.75, 3.05) is 16.8 Å². The van der Waals surface area contributed by atoms with Gasteiger partial charge in [0.15, 0.2) is 0 Å². The molecule has 0 radical (unpaired) electrons. The van der Waals surface area contributed by atoms with E-state index in [-0.39, 0.29) is 12.0 Å². The van der Waals surface area contributed by atoms with Gasteiger partial charge in [-0.2, -0.15) is 0 Å². The fourth-order valence-electron chi connectivity index (χ4n) is 3.65. The molecule has 148 valence electrons. The van der Waals surface area contributed by atoms with Gasteiger partial charge in [-0.25, -0.2) is 0 Å². The lowest BCUT2D eigenvalue weighted by Crippen LogP contribution is -2.35. The predicted octanol–water partition coefficient (Wildman–Crippen LogP) is 5.81. The average molecular weight is 386 g/mol. The molecule has 0 aromatic heterocycles. The van der Waals surface area contributed by atoms with Crippen LogP contribution in [-0.2, 0) is 6.42 Å². The summed E-state index contributed by atoms with van der Waals surface area (Å²) in [6.45, 7) is 4.79. The third-order valence-corrected chi connectivity index (χ3v) is 5.00.